The third-order valence-corrected chi connectivity index (χ3v) is 4.15. The summed E-state index contributed by atoms with van der Waals surface area (Å²) in [6.45, 7) is 2.34. The van der Waals surface area contributed by atoms with E-state index in [0.29, 0.717) is 29.3 Å². The Labute approximate surface area is 163 Å². The number of pyridine rings is 1. The van der Waals surface area contributed by atoms with E-state index < -0.39 is 0 Å². The lowest BCUT2D eigenvalue weighted by molar-refractivity contribution is 0.250. The molecule has 3 aromatic rings. The Bertz CT molecular complexity index is 963. The monoisotopic (exact) mass is 383 g/mol. The molecule has 2 aromatic heterocycles. The third-order valence-electron chi connectivity index (χ3n) is 3.76. The van der Waals surface area contributed by atoms with Crippen LogP contribution in [0.5, 0.6) is 0 Å². The van der Waals surface area contributed by atoms with Gasteiger partial charge < -0.3 is 15.5 Å². The number of carbonyl (C=O) groups excluding carboxylic acids is 1. The number of rotatable bonds is 5. The maximum Gasteiger partial charge on any atom is 0.333 e. The Morgan fingerprint density at radius 1 is 1.19 bits per heavy atom. The summed E-state index contributed by atoms with van der Waals surface area (Å²) in [5, 5.41) is 5.90. The summed E-state index contributed by atoms with van der Waals surface area (Å²) < 4.78 is 1.14. The molecule has 3 rings (SSSR count). The summed E-state index contributed by atoms with van der Waals surface area (Å²) in [7, 11) is 3.97. The van der Waals surface area contributed by atoms with Crippen LogP contribution in [0.3, 0.4) is 0 Å². The Morgan fingerprint density at radius 2 is 2.00 bits per heavy atom. The Morgan fingerprint density at radius 3 is 2.74 bits per heavy atom. The van der Waals surface area contributed by atoms with Crippen LogP contribution in [-0.2, 0) is 0 Å². The molecule has 0 aliphatic rings. The highest BCUT2D eigenvalue weighted by Gasteiger charge is 2.13. The first kappa shape index (κ1) is 18.7. The predicted octanol–water partition coefficient (Wildman–Crippen LogP) is 3.22. The first-order valence-electron chi connectivity index (χ1n) is 8.43. The molecule has 0 unspecified atom stereocenters. The van der Waals surface area contributed by atoms with Crippen molar-refractivity contribution in [3.63, 3.8) is 0 Å². The van der Waals surface area contributed by atoms with Crippen LogP contribution in [0.2, 0.25) is 0 Å². The summed E-state index contributed by atoms with van der Waals surface area (Å²) in [5.74, 6) is 0.935. The molecule has 2 amide bonds. The van der Waals surface area contributed by atoms with E-state index in [9.17, 15) is 4.79 Å². The van der Waals surface area contributed by atoms with E-state index in [0.717, 1.165) is 15.7 Å². The van der Waals surface area contributed by atoms with Crippen molar-refractivity contribution in [3.05, 3.63) is 42.6 Å². The molecular formula is C18H21N7OS. The maximum atomic E-state index is 11.9. The number of aromatic nitrogens is 3. The van der Waals surface area contributed by atoms with Crippen LogP contribution in [0.1, 0.15) is 6.92 Å². The second kappa shape index (κ2) is 8.09. The standard InChI is InChI=1S/C18H21N7OS/c1-4-19-18(26)25(27)16-9-8-14-17(23-16)22-15(11-20-14)21-12-6-5-7-13(10-12)24(2)3/h5-11,27H,4H2,1-3H3,(H,19,26)(H,21,22,23). The van der Waals surface area contributed by atoms with E-state index in [4.69, 9.17) is 0 Å². The van der Waals surface area contributed by atoms with Gasteiger partial charge in [-0.2, -0.15) is 0 Å². The van der Waals surface area contributed by atoms with Crippen molar-refractivity contribution in [3.8, 4) is 0 Å². The van der Waals surface area contributed by atoms with Crippen molar-refractivity contribution in [1.82, 2.24) is 20.3 Å². The van der Waals surface area contributed by atoms with Crippen molar-refractivity contribution < 1.29 is 4.79 Å². The maximum absolute atomic E-state index is 11.9. The summed E-state index contributed by atoms with van der Waals surface area (Å²) in [5.41, 5.74) is 3.01. The Hall–Kier alpha value is -3.07. The predicted molar refractivity (Wildman–Crippen MR) is 112 cm³/mol. The molecule has 140 valence electrons. The van der Waals surface area contributed by atoms with Crippen LogP contribution in [0.25, 0.3) is 11.2 Å². The number of amides is 2. The van der Waals surface area contributed by atoms with Gasteiger partial charge in [0.2, 0.25) is 0 Å². The number of anilines is 4. The highest BCUT2D eigenvalue weighted by molar-refractivity contribution is 7.82. The van der Waals surface area contributed by atoms with Crippen LogP contribution < -0.4 is 19.8 Å². The van der Waals surface area contributed by atoms with E-state index in [1.165, 1.54) is 0 Å². The molecular weight excluding hydrogens is 362 g/mol. The van der Waals surface area contributed by atoms with Crippen molar-refractivity contribution in [2.75, 3.05) is 35.2 Å². The van der Waals surface area contributed by atoms with Gasteiger partial charge in [-0.1, -0.05) is 18.9 Å². The molecule has 27 heavy (non-hydrogen) atoms. The van der Waals surface area contributed by atoms with Gasteiger partial charge in [0.1, 0.15) is 11.3 Å². The van der Waals surface area contributed by atoms with Gasteiger partial charge >= 0.3 is 6.03 Å². The van der Waals surface area contributed by atoms with E-state index >= 15 is 0 Å². The van der Waals surface area contributed by atoms with Crippen molar-refractivity contribution in [1.29, 1.82) is 0 Å². The van der Waals surface area contributed by atoms with E-state index in [2.05, 4.69) is 38.4 Å². The van der Waals surface area contributed by atoms with Crippen molar-refractivity contribution in [2.45, 2.75) is 6.92 Å². The van der Waals surface area contributed by atoms with Gasteiger partial charge in [-0.05, 0) is 37.3 Å². The van der Waals surface area contributed by atoms with E-state index in [1.807, 2.05) is 50.2 Å². The van der Waals surface area contributed by atoms with Gasteiger partial charge in [0.15, 0.2) is 11.5 Å². The Balaban J connectivity index is 1.87. The van der Waals surface area contributed by atoms with Gasteiger partial charge in [0, 0.05) is 32.0 Å². The lowest BCUT2D eigenvalue weighted by Gasteiger charge is -2.15. The number of nitrogens with one attached hydrogen (secondary N) is 2. The molecule has 9 heteroatoms. The third kappa shape index (κ3) is 4.37. The number of hydrogen-bond donors (Lipinski definition) is 3. The fourth-order valence-electron chi connectivity index (χ4n) is 2.41. The lowest BCUT2D eigenvalue weighted by atomic mass is 10.2. The van der Waals surface area contributed by atoms with E-state index in [1.54, 1.807) is 18.3 Å². The average Bonchev–Trinajstić information content (AvgIpc) is 2.67. The van der Waals surface area contributed by atoms with Crippen LogP contribution in [-0.4, -0.2) is 41.6 Å². The van der Waals surface area contributed by atoms with Crippen molar-refractivity contribution in [2.24, 2.45) is 0 Å². The zero-order valence-corrected chi connectivity index (χ0v) is 16.2. The zero-order valence-electron chi connectivity index (χ0n) is 15.3. The van der Waals surface area contributed by atoms with Crippen LogP contribution in [0, 0.1) is 0 Å². The molecule has 0 fully saturated rings. The Kier molecular flexibility index (Phi) is 5.60. The number of carbonyl (C=O) groups is 1. The molecule has 8 nitrogen and oxygen atoms in total. The van der Waals surface area contributed by atoms with Gasteiger partial charge in [-0.3, -0.25) is 0 Å². The molecule has 0 aliphatic carbocycles. The molecule has 0 atom stereocenters. The van der Waals surface area contributed by atoms with Crippen LogP contribution in [0.15, 0.2) is 42.6 Å². The largest absolute Gasteiger partial charge is 0.378 e. The number of benzene rings is 1. The van der Waals surface area contributed by atoms with Crippen LogP contribution >= 0.6 is 12.8 Å². The lowest BCUT2D eigenvalue weighted by Crippen LogP contribution is -2.34. The van der Waals surface area contributed by atoms with Gasteiger partial charge in [-0.15, -0.1) is 0 Å². The van der Waals surface area contributed by atoms with Gasteiger partial charge in [-0.25, -0.2) is 24.1 Å². The zero-order chi connectivity index (χ0) is 19.4. The van der Waals surface area contributed by atoms with Crippen LogP contribution in [0.4, 0.5) is 27.8 Å². The van der Waals surface area contributed by atoms with Gasteiger partial charge in [0.25, 0.3) is 0 Å². The minimum Gasteiger partial charge on any atom is -0.378 e. The molecule has 0 aliphatic heterocycles. The second-order valence-corrected chi connectivity index (χ2v) is 6.38. The first-order valence-corrected chi connectivity index (χ1v) is 8.83. The molecule has 2 N–H and O–H groups in total. The van der Waals surface area contributed by atoms with Gasteiger partial charge in [0.05, 0.1) is 6.20 Å². The quantitative estimate of drug-likeness (QED) is 0.587. The normalized spacial score (nSPS) is 10.5. The molecule has 0 saturated heterocycles. The topological polar surface area (TPSA) is 86.3 Å². The number of nitrogens with zero attached hydrogens (tertiary/aromatic N) is 5. The minimum atomic E-state index is -0.351. The minimum absolute atomic E-state index is 0.351. The highest BCUT2D eigenvalue weighted by Crippen LogP contribution is 2.22. The first-order chi connectivity index (χ1) is 13.0. The molecule has 1 aromatic carbocycles. The number of thiol groups is 1. The number of fused-ring (bicyclic) bond motifs is 1. The molecule has 0 spiro atoms. The smallest absolute Gasteiger partial charge is 0.333 e. The summed E-state index contributed by atoms with van der Waals surface area (Å²) >= 11 is 4.20. The fraction of sp³-hybridized carbons (Fsp3) is 0.222. The summed E-state index contributed by atoms with van der Waals surface area (Å²) in [4.78, 5) is 27.2. The molecule has 2 heterocycles. The molecule has 0 bridgehead atoms. The summed E-state index contributed by atoms with van der Waals surface area (Å²) in [6, 6.07) is 11.0. The molecule has 0 radical (unpaired) electrons. The average molecular weight is 383 g/mol. The van der Waals surface area contributed by atoms with Crippen molar-refractivity contribution >= 4 is 53.0 Å². The summed E-state index contributed by atoms with van der Waals surface area (Å²) in [6.07, 6.45) is 1.65. The number of urea groups is 1. The molecule has 0 saturated carbocycles. The SMILES string of the molecule is CCNC(=O)N(S)c1ccc2ncc(Nc3cccc(N(C)C)c3)nc2n1. The fourth-order valence-corrected chi connectivity index (χ4v) is 2.59. The second-order valence-electron chi connectivity index (χ2n) is 5.98. The highest BCUT2D eigenvalue weighted by atomic mass is 32.1. The number of hydrogen-bond acceptors (Lipinski definition) is 7. The van der Waals surface area contributed by atoms with E-state index in [-0.39, 0.29) is 6.03 Å².